The molecule has 1 aliphatic rings. The van der Waals surface area contributed by atoms with Gasteiger partial charge in [0.15, 0.2) is 5.96 Å². The predicted octanol–water partition coefficient (Wildman–Crippen LogP) is 3.75. The number of halogens is 2. The molecule has 3 rings (SSSR count). The van der Waals surface area contributed by atoms with E-state index < -0.39 is 0 Å². The molecule has 0 bridgehead atoms. The molecule has 2 N–H and O–H groups in total. The lowest BCUT2D eigenvalue weighted by molar-refractivity contribution is 0.223. The van der Waals surface area contributed by atoms with Gasteiger partial charge in [-0.3, -0.25) is 4.99 Å². The topological polar surface area (TPSA) is 61.8 Å². The summed E-state index contributed by atoms with van der Waals surface area (Å²) in [5.74, 6) is 2.20. The van der Waals surface area contributed by atoms with Crippen LogP contribution in [-0.4, -0.2) is 49.8 Å². The largest absolute Gasteiger partial charge is 0.489 e. The zero-order valence-electron chi connectivity index (χ0n) is 17.8. The van der Waals surface area contributed by atoms with Crippen molar-refractivity contribution in [1.82, 2.24) is 15.6 Å². The number of nitrogens with one attached hydrogen (secondary N) is 2. The van der Waals surface area contributed by atoms with Crippen molar-refractivity contribution in [3.05, 3.63) is 54.0 Å². The second kappa shape index (κ2) is 11.9. The molecule has 1 aromatic carbocycles. The minimum Gasteiger partial charge on any atom is -0.489 e. The Morgan fingerprint density at radius 1 is 1.23 bits per heavy atom. The van der Waals surface area contributed by atoms with Crippen LogP contribution in [-0.2, 0) is 0 Å². The van der Waals surface area contributed by atoms with E-state index in [4.69, 9.17) is 4.74 Å². The predicted molar refractivity (Wildman–Crippen MR) is 131 cm³/mol. The summed E-state index contributed by atoms with van der Waals surface area (Å²) in [4.78, 5) is 11.2. The Kier molecular flexibility index (Phi) is 9.61. The molecular weight excluding hydrogens is 496 g/mol. The Hall–Kier alpha value is -2.10. The van der Waals surface area contributed by atoms with Gasteiger partial charge in [0.05, 0.1) is 6.54 Å². The number of ether oxygens (including phenoxy) is 1. The van der Waals surface area contributed by atoms with E-state index in [1.54, 1.807) is 19.2 Å². The quantitative estimate of drug-likeness (QED) is 0.341. The summed E-state index contributed by atoms with van der Waals surface area (Å²) >= 11 is 0. The summed E-state index contributed by atoms with van der Waals surface area (Å²) < 4.78 is 18.8. The van der Waals surface area contributed by atoms with Crippen molar-refractivity contribution in [1.29, 1.82) is 0 Å². The molecule has 0 radical (unpaired) electrons. The molecule has 2 aromatic rings. The van der Waals surface area contributed by atoms with Gasteiger partial charge in [-0.05, 0) is 62.6 Å². The van der Waals surface area contributed by atoms with E-state index in [0.29, 0.717) is 18.3 Å². The van der Waals surface area contributed by atoms with Crippen molar-refractivity contribution in [2.24, 2.45) is 4.99 Å². The molecule has 0 aliphatic carbocycles. The van der Waals surface area contributed by atoms with E-state index in [2.05, 4.69) is 44.6 Å². The second-order valence-corrected chi connectivity index (χ2v) is 7.43. The number of hydrogen-bond acceptors (Lipinski definition) is 4. The van der Waals surface area contributed by atoms with Crippen molar-refractivity contribution in [2.75, 3.05) is 31.6 Å². The van der Waals surface area contributed by atoms with Crippen molar-refractivity contribution in [3.8, 4) is 5.75 Å². The minimum absolute atomic E-state index is 0. The van der Waals surface area contributed by atoms with E-state index in [-0.39, 0.29) is 35.9 Å². The third-order valence-electron chi connectivity index (χ3n) is 4.99. The molecule has 30 heavy (non-hydrogen) atoms. The highest BCUT2D eigenvalue weighted by Gasteiger charge is 2.21. The molecule has 8 heteroatoms. The molecule has 6 nitrogen and oxygen atoms in total. The third kappa shape index (κ3) is 7.30. The number of anilines is 1. The number of guanidine groups is 1. The molecule has 1 aliphatic heterocycles. The lowest BCUT2D eigenvalue weighted by atomic mass is 10.1. The van der Waals surface area contributed by atoms with Crippen LogP contribution >= 0.6 is 24.0 Å². The molecule has 0 saturated carbocycles. The van der Waals surface area contributed by atoms with Gasteiger partial charge in [0.25, 0.3) is 0 Å². The van der Waals surface area contributed by atoms with Crippen molar-refractivity contribution >= 4 is 35.8 Å². The number of nitrogens with zero attached hydrogens (tertiary/aromatic N) is 3. The van der Waals surface area contributed by atoms with Gasteiger partial charge in [0.1, 0.15) is 23.5 Å². The normalized spacial score (nSPS) is 15.9. The van der Waals surface area contributed by atoms with E-state index in [9.17, 15) is 4.39 Å². The third-order valence-corrected chi connectivity index (χ3v) is 4.99. The van der Waals surface area contributed by atoms with Crippen LogP contribution in [0.25, 0.3) is 0 Å². The Bertz CT molecular complexity index is 792. The number of aromatic nitrogens is 1. The van der Waals surface area contributed by atoms with Crippen LogP contribution in [0, 0.1) is 12.7 Å². The van der Waals surface area contributed by atoms with Crippen LogP contribution in [0.2, 0.25) is 0 Å². The highest BCUT2D eigenvalue weighted by atomic mass is 127. The number of hydrogen-bond donors (Lipinski definition) is 2. The first kappa shape index (κ1) is 24.2. The van der Waals surface area contributed by atoms with Gasteiger partial charge in [-0.1, -0.05) is 6.07 Å². The van der Waals surface area contributed by atoms with Gasteiger partial charge in [-0.15, -0.1) is 24.0 Å². The first-order valence-electron chi connectivity index (χ1n) is 10.1. The summed E-state index contributed by atoms with van der Waals surface area (Å²) in [6.07, 6.45) is 3.89. The maximum absolute atomic E-state index is 13.0. The molecular formula is C22H31FIN5O. The van der Waals surface area contributed by atoms with Crippen LogP contribution in [0.5, 0.6) is 5.75 Å². The summed E-state index contributed by atoms with van der Waals surface area (Å²) in [5.41, 5.74) is 1.18. The van der Waals surface area contributed by atoms with Gasteiger partial charge < -0.3 is 20.3 Å². The SMILES string of the molecule is CN=C(NCC(C)Oc1ccc(F)cc1)NC1CCN(c2ccc(C)cn2)CC1.I. The standard InChI is InChI=1S/C22H30FN5O.HI/c1-16-4-9-21(25-14-16)28-12-10-19(11-13-28)27-22(24-3)26-15-17(2)29-20-7-5-18(23)6-8-20;/h4-9,14,17,19H,10-13,15H2,1-3H3,(H2,24,26,27);1H. The molecule has 164 valence electrons. The van der Waals surface area contributed by atoms with Crippen LogP contribution < -0.4 is 20.3 Å². The smallest absolute Gasteiger partial charge is 0.191 e. The number of pyridine rings is 1. The lowest BCUT2D eigenvalue weighted by Crippen LogP contribution is -2.50. The van der Waals surface area contributed by atoms with Crippen molar-refractivity contribution < 1.29 is 9.13 Å². The summed E-state index contributed by atoms with van der Waals surface area (Å²) in [6, 6.07) is 10.6. The first-order chi connectivity index (χ1) is 14.0. The molecule has 1 fully saturated rings. The summed E-state index contributed by atoms with van der Waals surface area (Å²) in [5, 5.41) is 6.81. The zero-order chi connectivity index (χ0) is 20.6. The van der Waals surface area contributed by atoms with Gasteiger partial charge in [-0.2, -0.15) is 0 Å². The molecule has 1 aromatic heterocycles. The number of aliphatic imine (C=N–C) groups is 1. The molecule has 1 saturated heterocycles. The number of aryl methyl sites for hydroxylation is 1. The summed E-state index contributed by atoms with van der Waals surface area (Å²) in [6.45, 7) is 6.56. The second-order valence-electron chi connectivity index (χ2n) is 7.43. The van der Waals surface area contributed by atoms with Gasteiger partial charge >= 0.3 is 0 Å². The maximum Gasteiger partial charge on any atom is 0.191 e. The van der Waals surface area contributed by atoms with Crippen LogP contribution in [0.3, 0.4) is 0 Å². The average molecular weight is 527 g/mol. The molecule has 0 spiro atoms. The molecule has 1 atom stereocenters. The van der Waals surface area contributed by atoms with E-state index >= 15 is 0 Å². The van der Waals surface area contributed by atoms with Gasteiger partial charge in [0, 0.05) is 32.4 Å². The molecule has 0 amide bonds. The van der Waals surface area contributed by atoms with Crippen LogP contribution in [0.1, 0.15) is 25.3 Å². The monoisotopic (exact) mass is 527 g/mol. The summed E-state index contributed by atoms with van der Waals surface area (Å²) in [7, 11) is 1.77. The van der Waals surface area contributed by atoms with E-state index in [1.165, 1.54) is 17.7 Å². The Balaban J connectivity index is 0.00000320. The molecule has 2 heterocycles. The Morgan fingerprint density at radius 2 is 1.93 bits per heavy atom. The zero-order valence-corrected chi connectivity index (χ0v) is 20.1. The van der Waals surface area contributed by atoms with Gasteiger partial charge in [0.2, 0.25) is 0 Å². The van der Waals surface area contributed by atoms with Gasteiger partial charge in [-0.25, -0.2) is 9.37 Å². The minimum atomic E-state index is -0.267. The number of piperidine rings is 1. The van der Waals surface area contributed by atoms with Crippen LogP contribution in [0.15, 0.2) is 47.6 Å². The van der Waals surface area contributed by atoms with E-state index in [0.717, 1.165) is 37.7 Å². The van der Waals surface area contributed by atoms with Crippen molar-refractivity contribution in [2.45, 2.75) is 38.8 Å². The fourth-order valence-electron chi connectivity index (χ4n) is 3.32. The van der Waals surface area contributed by atoms with Crippen molar-refractivity contribution in [3.63, 3.8) is 0 Å². The van der Waals surface area contributed by atoms with E-state index in [1.807, 2.05) is 13.1 Å². The highest BCUT2D eigenvalue weighted by molar-refractivity contribution is 14.0. The fraction of sp³-hybridized carbons (Fsp3) is 0.455. The number of benzene rings is 1. The first-order valence-corrected chi connectivity index (χ1v) is 10.1. The Labute approximate surface area is 195 Å². The lowest BCUT2D eigenvalue weighted by Gasteiger charge is -2.34. The maximum atomic E-state index is 13.0. The molecule has 1 unspecified atom stereocenters. The highest BCUT2D eigenvalue weighted by Crippen LogP contribution is 2.18. The fourth-order valence-corrected chi connectivity index (χ4v) is 3.32. The van der Waals surface area contributed by atoms with Crippen LogP contribution in [0.4, 0.5) is 10.2 Å². The number of rotatable bonds is 6. The Morgan fingerprint density at radius 3 is 2.53 bits per heavy atom. The average Bonchev–Trinajstić information content (AvgIpc) is 2.74.